The quantitative estimate of drug-likeness (QED) is 0.191. The minimum absolute atomic E-state index is 0.739. The molecule has 0 atom stereocenters. The van der Waals surface area contributed by atoms with E-state index in [-0.39, 0.29) is 0 Å². The zero-order chi connectivity index (χ0) is 35.1. The van der Waals surface area contributed by atoms with Crippen molar-refractivity contribution in [3.63, 3.8) is 0 Å². The number of nitrogen functional groups attached to an aromatic ring is 1. The highest BCUT2D eigenvalue weighted by atomic mass is 15.1. The Bertz CT molecular complexity index is 3050. The summed E-state index contributed by atoms with van der Waals surface area (Å²) in [6.07, 6.45) is 10.0. The highest BCUT2D eigenvalue weighted by molar-refractivity contribution is 6.12. The SMILES string of the molecule is C/C=C\c1c(N)n(-c2ccc3c(c2)c2cc[nH]c2n3-c2ccccc2-c2ccc3c(c2)c2ccncc2n3-c2ccc(C)cc2)c2ccc(C)cc12. The fraction of sp³-hybridized carbons (Fsp3) is 0.0652. The molecule has 0 fully saturated rings. The molecule has 0 aliphatic rings. The molecule has 0 aliphatic carbocycles. The second-order valence-electron chi connectivity index (χ2n) is 13.7. The van der Waals surface area contributed by atoms with Crippen molar-refractivity contribution < 1.29 is 0 Å². The first kappa shape index (κ1) is 30.1. The molecule has 0 spiro atoms. The molecule has 6 nitrogen and oxygen atoms in total. The maximum atomic E-state index is 6.91. The Kier molecular flexibility index (Phi) is 6.57. The first-order chi connectivity index (χ1) is 25.5. The Hall–Kier alpha value is -6.79. The van der Waals surface area contributed by atoms with Gasteiger partial charge in [0.2, 0.25) is 0 Å². The van der Waals surface area contributed by atoms with Gasteiger partial charge >= 0.3 is 0 Å². The molecule has 0 unspecified atom stereocenters. The second-order valence-corrected chi connectivity index (χ2v) is 13.7. The average molecular weight is 673 g/mol. The number of hydrogen-bond donors (Lipinski definition) is 2. The summed E-state index contributed by atoms with van der Waals surface area (Å²) >= 11 is 0. The molecule has 5 aromatic carbocycles. The van der Waals surface area contributed by atoms with E-state index in [4.69, 9.17) is 5.73 Å². The summed E-state index contributed by atoms with van der Waals surface area (Å²) in [5.74, 6) is 0.739. The van der Waals surface area contributed by atoms with Gasteiger partial charge in [0.15, 0.2) is 0 Å². The number of aromatic nitrogens is 5. The van der Waals surface area contributed by atoms with Crippen LogP contribution >= 0.6 is 0 Å². The molecule has 0 saturated heterocycles. The Labute approximate surface area is 300 Å². The van der Waals surface area contributed by atoms with Crippen LogP contribution < -0.4 is 5.73 Å². The monoisotopic (exact) mass is 672 g/mol. The van der Waals surface area contributed by atoms with Crippen LogP contribution in [0.25, 0.3) is 88.9 Å². The number of nitrogens with two attached hydrogens (primary N) is 1. The number of aromatic amines is 1. The van der Waals surface area contributed by atoms with E-state index in [1.54, 1.807) is 0 Å². The smallest absolute Gasteiger partial charge is 0.123 e. The van der Waals surface area contributed by atoms with Crippen LogP contribution in [0.2, 0.25) is 0 Å². The Morgan fingerprint density at radius 2 is 1.35 bits per heavy atom. The van der Waals surface area contributed by atoms with Crippen molar-refractivity contribution in [3.05, 3.63) is 157 Å². The first-order valence-electron chi connectivity index (χ1n) is 17.7. The van der Waals surface area contributed by atoms with Crippen molar-refractivity contribution in [2.24, 2.45) is 0 Å². The Morgan fingerprint density at radius 3 is 2.21 bits per heavy atom. The number of pyridine rings is 1. The van der Waals surface area contributed by atoms with Crippen molar-refractivity contribution in [2.45, 2.75) is 20.8 Å². The van der Waals surface area contributed by atoms with Gasteiger partial charge in [-0.2, -0.15) is 0 Å². The van der Waals surface area contributed by atoms with Crippen molar-refractivity contribution >= 4 is 66.5 Å². The molecular weight excluding hydrogens is 637 g/mol. The van der Waals surface area contributed by atoms with Crippen molar-refractivity contribution in [2.75, 3.05) is 5.73 Å². The van der Waals surface area contributed by atoms with E-state index in [9.17, 15) is 0 Å². The molecule has 10 aromatic rings. The molecule has 250 valence electrons. The summed E-state index contributed by atoms with van der Waals surface area (Å²) in [5.41, 5.74) is 21.5. The van der Waals surface area contributed by atoms with Crippen molar-refractivity contribution in [1.29, 1.82) is 0 Å². The van der Waals surface area contributed by atoms with Gasteiger partial charge < -0.3 is 15.3 Å². The highest BCUT2D eigenvalue weighted by Gasteiger charge is 2.21. The summed E-state index contributed by atoms with van der Waals surface area (Å²) < 4.78 is 6.86. The number of allylic oxidation sites excluding steroid dienone is 1. The summed E-state index contributed by atoms with van der Waals surface area (Å²) in [6.45, 7) is 6.28. The van der Waals surface area contributed by atoms with E-state index < -0.39 is 0 Å². The average Bonchev–Trinajstić information content (AvgIpc) is 3.91. The first-order valence-corrected chi connectivity index (χ1v) is 17.7. The fourth-order valence-corrected chi connectivity index (χ4v) is 8.20. The van der Waals surface area contributed by atoms with E-state index >= 15 is 0 Å². The molecule has 6 heteroatoms. The van der Waals surface area contributed by atoms with Crippen LogP contribution in [-0.2, 0) is 0 Å². The van der Waals surface area contributed by atoms with Crippen molar-refractivity contribution in [3.8, 4) is 28.2 Å². The number of nitrogens with one attached hydrogen (secondary N) is 1. The van der Waals surface area contributed by atoms with Gasteiger partial charge in [-0.05, 0) is 99.1 Å². The number of rotatable bonds is 5. The van der Waals surface area contributed by atoms with Gasteiger partial charge in [0.05, 0.1) is 34.0 Å². The number of fused-ring (bicyclic) bond motifs is 7. The standard InChI is InChI=1S/C46H36N6/c1-4-7-35-37-24-29(3)12-17-42(37)51(45(35)47)32-16-19-43-39(26-32)36-21-23-49-46(36)52(43)40-9-6-5-8-33(40)30-13-18-41-38(25-30)34-20-22-48-27-44(34)50(41)31-14-10-28(2)11-15-31/h4-27,49H,47H2,1-3H3/b7-4-. The summed E-state index contributed by atoms with van der Waals surface area (Å²) in [7, 11) is 0. The van der Waals surface area contributed by atoms with Gasteiger partial charge in [0.25, 0.3) is 0 Å². The number of anilines is 1. The predicted molar refractivity (Wildman–Crippen MR) is 218 cm³/mol. The number of aryl methyl sites for hydroxylation is 2. The van der Waals surface area contributed by atoms with Gasteiger partial charge in [-0.3, -0.25) is 14.1 Å². The van der Waals surface area contributed by atoms with Crippen LogP contribution in [-0.4, -0.2) is 23.7 Å². The predicted octanol–water partition coefficient (Wildman–Crippen LogP) is 11.4. The molecule has 3 N–H and O–H groups in total. The van der Waals surface area contributed by atoms with E-state index in [2.05, 4.69) is 165 Å². The lowest BCUT2D eigenvalue weighted by atomic mass is 10.0. The molecule has 0 radical (unpaired) electrons. The third-order valence-corrected chi connectivity index (χ3v) is 10.6. The van der Waals surface area contributed by atoms with E-state index in [0.717, 1.165) is 83.4 Å². The molecular formula is C46H36N6. The highest BCUT2D eigenvalue weighted by Crippen LogP contribution is 2.40. The molecule has 5 aromatic heterocycles. The fourth-order valence-electron chi connectivity index (χ4n) is 8.20. The number of H-pyrrole nitrogens is 1. The normalized spacial score (nSPS) is 12.1. The van der Waals surface area contributed by atoms with Crippen LogP contribution in [0.3, 0.4) is 0 Å². The zero-order valence-corrected chi connectivity index (χ0v) is 29.2. The van der Waals surface area contributed by atoms with Crippen molar-refractivity contribution in [1.82, 2.24) is 23.7 Å². The van der Waals surface area contributed by atoms with E-state index in [1.807, 2.05) is 25.5 Å². The van der Waals surface area contributed by atoms with Gasteiger partial charge in [0.1, 0.15) is 11.5 Å². The minimum atomic E-state index is 0.739. The second kappa shape index (κ2) is 11.4. The number of nitrogens with zero attached hydrogens (tertiary/aromatic N) is 4. The third-order valence-electron chi connectivity index (χ3n) is 10.6. The summed E-state index contributed by atoms with van der Waals surface area (Å²) in [5, 5.41) is 5.86. The number of hydrogen-bond acceptors (Lipinski definition) is 2. The maximum absolute atomic E-state index is 6.91. The van der Waals surface area contributed by atoms with Gasteiger partial charge in [-0.1, -0.05) is 65.7 Å². The third kappa shape index (κ3) is 4.34. The van der Waals surface area contributed by atoms with Crippen LogP contribution in [0.4, 0.5) is 5.82 Å². The lowest BCUT2D eigenvalue weighted by Crippen LogP contribution is -2.01. The number of benzene rings is 5. The van der Waals surface area contributed by atoms with Crippen LogP contribution in [0, 0.1) is 13.8 Å². The van der Waals surface area contributed by atoms with E-state index in [0.29, 0.717) is 0 Å². The lowest BCUT2D eigenvalue weighted by Gasteiger charge is -2.15. The molecule has 52 heavy (non-hydrogen) atoms. The largest absolute Gasteiger partial charge is 0.384 e. The van der Waals surface area contributed by atoms with E-state index in [1.165, 1.54) is 21.9 Å². The van der Waals surface area contributed by atoms with Crippen LogP contribution in [0.15, 0.2) is 140 Å². The Morgan fingerprint density at radius 1 is 0.615 bits per heavy atom. The maximum Gasteiger partial charge on any atom is 0.123 e. The molecule has 0 saturated carbocycles. The van der Waals surface area contributed by atoms with Gasteiger partial charge in [-0.25, -0.2) is 0 Å². The van der Waals surface area contributed by atoms with Gasteiger partial charge in [0, 0.05) is 61.8 Å². The lowest BCUT2D eigenvalue weighted by molar-refractivity contribution is 1.13. The Balaban J connectivity index is 1.17. The summed E-state index contributed by atoms with van der Waals surface area (Å²) in [4.78, 5) is 8.09. The molecule has 0 aliphatic heterocycles. The van der Waals surface area contributed by atoms with Crippen LogP contribution in [0.5, 0.6) is 0 Å². The molecule has 0 bridgehead atoms. The molecule has 5 heterocycles. The molecule has 10 rings (SSSR count). The zero-order valence-electron chi connectivity index (χ0n) is 29.2. The topological polar surface area (TPSA) is 69.5 Å². The summed E-state index contributed by atoms with van der Waals surface area (Å²) in [6, 6.07) is 41.8. The van der Waals surface area contributed by atoms with Gasteiger partial charge in [-0.15, -0.1) is 0 Å². The number of para-hydroxylation sites is 1. The minimum Gasteiger partial charge on any atom is -0.384 e. The molecule has 0 amide bonds. The van der Waals surface area contributed by atoms with Crippen LogP contribution in [0.1, 0.15) is 23.6 Å².